The molecule has 0 rings (SSSR count). The van der Waals surface area contributed by atoms with Crippen LogP contribution in [-0.4, -0.2) is 18.2 Å². The van der Waals surface area contributed by atoms with Gasteiger partial charge in [-0.15, -0.1) is 13.2 Å². The molecule has 14 heavy (non-hydrogen) atoms. The lowest BCUT2D eigenvalue weighted by atomic mass is 10.2. The molecule has 0 aromatic heterocycles. The van der Waals surface area contributed by atoms with E-state index in [0.29, 0.717) is 0 Å². The van der Waals surface area contributed by atoms with E-state index in [1.807, 2.05) is 0 Å². The number of esters is 1. The van der Waals surface area contributed by atoms with Crippen molar-refractivity contribution < 1.29 is 22.7 Å². The summed E-state index contributed by atoms with van der Waals surface area (Å²) in [6, 6.07) is 0. The van der Waals surface area contributed by atoms with Gasteiger partial charge in [0.05, 0.1) is 0 Å². The van der Waals surface area contributed by atoms with Crippen LogP contribution in [0.4, 0.5) is 13.2 Å². The van der Waals surface area contributed by atoms with Crippen molar-refractivity contribution in [2.75, 3.05) is 0 Å². The Labute approximate surface area is 80.1 Å². The van der Waals surface area contributed by atoms with Crippen LogP contribution in [0.15, 0.2) is 25.3 Å². The third-order valence-electron chi connectivity index (χ3n) is 1.36. The van der Waals surface area contributed by atoms with Gasteiger partial charge < -0.3 is 4.74 Å². The Bertz CT molecular complexity index is 211. The van der Waals surface area contributed by atoms with Crippen molar-refractivity contribution >= 4 is 5.97 Å². The van der Waals surface area contributed by atoms with Crippen molar-refractivity contribution in [3.63, 3.8) is 0 Å². The van der Waals surface area contributed by atoms with E-state index in [0.717, 1.165) is 0 Å². The predicted molar refractivity (Wildman–Crippen MR) is 45.6 cm³/mol. The average Bonchev–Trinajstić information content (AvgIpc) is 2.03. The monoisotopic (exact) mass is 208 g/mol. The largest absolute Gasteiger partial charge is 0.490 e. The number of carbonyl (C=O) groups is 1. The molecule has 2 nitrogen and oxygen atoms in total. The molecule has 0 saturated carbocycles. The van der Waals surface area contributed by atoms with Crippen LogP contribution in [0.5, 0.6) is 0 Å². The van der Waals surface area contributed by atoms with Gasteiger partial charge in [0.1, 0.15) is 6.10 Å². The average molecular weight is 208 g/mol. The van der Waals surface area contributed by atoms with Gasteiger partial charge in [-0.05, 0) is 0 Å². The van der Waals surface area contributed by atoms with E-state index < -0.39 is 18.2 Å². The first-order valence-corrected chi connectivity index (χ1v) is 3.91. The maximum atomic E-state index is 11.8. The summed E-state index contributed by atoms with van der Waals surface area (Å²) in [7, 11) is 0. The third-order valence-corrected chi connectivity index (χ3v) is 1.36. The van der Waals surface area contributed by atoms with Crippen molar-refractivity contribution in [3.8, 4) is 0 Å². The Morgan fingerprint density at radius 3 is 2.00 bits per heavy atom. The van der Waals surface area contributed by atoms with Gasteiger partial charge in [0, 0.05) is 12.8 Å². The summed E-state index contributed by atoms with van der Waals surface area (Å²) in [5, 5.41) is 0. The molecule has 0 spiro atoms. The maximum Gasteiger partial charge on any atom is 0.490 e. The van der Waals surface area contributed by atoms with E-state index in [2.05, 4.69) is 17.9 Å². The zero-order valence-corrected chi connectivity index (χ0v) is 7.51. The van der Waals surface area contributed by atoms with Gasteiger partial charge in [0.15, 0.2) is 0 Å². The molecule has 0 aromatic carbocycles. The summed E-state index contributed by atoms with van der Waals surface area (Å²) >= 11 is 0. The standard InChI is InChI=1S/C9H11F3O2/c1-3-5-7(6-4-2)14-8(13)9(10,11)12/h3-4,7H,1-2,5-6H2. The second-order valence-corrected chi connectivity index (χ2v) is 2.57. The molecule has 0 unspecified atom stereocenters. The fraction of sp³-hybridized carbons (Fsp3) is 0.444. The first-order chi connectivity index (χ1) is 6.41. The molecule has 0 heterocycles. The van der Waals surface area contributed by atoms with Crippen molar-refractivity contribution in [3.05, 3.63) is 25.3 Å². The minimum absolute atomic E-state index is 0.174. The maximum absolute atomic E-state index is 11.8. The van der Waals surface area contributed by atoms with Crippen molar-refractivity contribution in [2.24, 2.45) is 0 Å². The number of alkyl halides is 3. The van der Waals surface area contributed by atoms with Gasteiger partial charge in [0.25, 0.3) is 0 Å². The highest BCUT2D eigenvalue weighted by molar-refractivity contribution is 5.75. The molecule has 0 atom stereocenters. The number of rotatable bonds is 5. The summed E-state index contributed by atoms with van der Waals surface area (Å²) in [5.41, 5.74) is 0. The van der Waals surface area contributed by atoms with Gasteiger partial charge >= 0.3 is 12.1 Å². The number of hydrogen-bond acceptors (Lipinski definition) is 2. The molecule has 80 valence electrons. The van der Waals surface area contributed by atoms with Gasteiger partial charge in [-0.2, -0.15) is 13.2 Å². The second-order valence-electron chi connectivity index (χ2n) is 2.57. The van der Waals surface area contributed by atoms with E-state index in [-0.39, 0.29) is 12.8 Å². The van der Waals surface area contributed by atoms with Crippen molar-refractivity contribution in [1.29, 1.82) is 0 Å². The van der Waals surface area contributed by atoms with Crippen LogP contribution in [0.3, 0.4) is 0 Å². The van der Waals surface area contributed by atoms with Crippen LogP contribution in [-0.2, 0) is 9.53 Å². The van der Waals surface area contributed by atoms with Crippen LogP contribution in [0.25, 0.3) is 0 Å². The van der Waals surface area contributed by atoms with Crippen LogP contribution in [0.2, 0.25) is 0 Å². The molecule has 0 aliphatic rings. The van der Waals surface area contributed by atoms with Crippen LogP contribution >= 0.6 is 0 Å². The van der Waals surface area contributed by atoms with Gasteiger partial charge in [-0.3, -0.25) is 0 Å². The minimum atomic E-state index is -4.94. The second kappa shape index (κ2) is 5.47. The van der Waals surface area contributed by atoms with Crippen molar-refractivity contribution in [2.45, 2.75) is 25.1 Å². The fourth-order valence-corrected chi connectivity index (χ4v) is 0.782. The zero-order valence-electron chi connectivity index (χ0n) is 7.51. The van der Waals surface area contributed by atoms with E-state index in [9.17, 15) is 18.0 Å². The third kappa shape index (κ3) is 4.69. The Balaban J connectivity index is 4.21. The molecule has 0 aliphatic carbocycles. The normalized spacial score (nSPS) is 11.1. The fourth-order valence-electron chi connectivity index (χ4n) is 0.782. The summed E-state index contributed by atoms with van der Waals surface area (Å²) in [6.45, 7) is 6.69. The first kappa shape index (κ1) is 12.7. The van der Waals surface area contributed by atoms with E-state index in [1.54, 1.807) is 0 Å². The van der Waals surface area contributed by atoms with Gasteiger partial charge in [-0.1, -0.05) is 12.2 Å². The topological polar surface area (TPSA) is 26.3 Å². The summed E-state index contributed by atoms with van der Waals surface area (Å²) in [6.07, 6.45) is -2.66. The Morgan fingerprint density at radius 2 is 1.71 bits per heavy atom. The summed E-state index contributed by atoms with van der Waals surface area (Å²) < 4.78 is 39.5. The van der Waals surface area contributed by atoms with Crippen LogP contribution < -0.4 is 0 Å². The number of halogens is 3. The molecule has 0 aliphatic heterocycles. The zero-order chi connectivity index (χ0) is 11.2. The highest BCUT2D eigenvalue weighted by Crippen LogP contribution is 2.19. The molecule has 5 heteroatoms. The van der Waals surface area contributed by atoms with Gasteiger partial charge in [0.2, 0.25) is 0 Å². The van der Waals surface area contributed by atoms with E-state index >= 15 is 0 Å². The SMILES string of the molecule is C=CCC(CC=C)OC(=O)C(F)(F)F. The molecule has 0 fully saturated rings. The number of carbonyl (C=O) groups excluding carboxylic acids is 1. The summed E-state index contributed by atoms with van der Waals surface area (Å²) in [4.78, 5) is 10.4. The smallest absolute Gasteiger partial charge is 0.455 e. The van der Waals surface area contributed by atoms with Crippen LogP contribution in [0, 0.1) is 0 Å². The predicted octanol–water partition coefficient (Wildman–Crippen LogP) is 2.61. The highest BCUT2D eigenvalue weighted by atomic mass is 19.4. The van der Waals surface area contributed by atoms with Crippen molar-refractivity contribution in [1.82, 2.24) is 0 Å². The molecule has 0 radical (unpaired) electrons. The lowest BCUT2D eigenvalue weighted by molar-refractivity contribution is -0.204. The van der Waals surface area contributed by atoms with E-state index in [4.69, 9.17) is 0 Å². The summed E-state index contributed by atoms with van der Waals surface area (Å²) in [5.74, 6) is -2.17. The molecule has 0 aromatic rings. The quantitative estimate of drug-likeness (QED) is 0.512. The molecular formula is C9H11F3O2. The minimum Gasteiger partial charge on any atom is -0.455 e. The van der Waals surface area contributed by atoms with E-state index in [1.165, 1.54) is 12.2 Å². The lowest BCUT2D eigenvalue weighted by Gasteiger charge is -2.15. The number of hydrogen-bond donors (Lipinski definition) is 0. The number of ether oxygens (including phenoxy) is 1. The Hall–Kier alpha value is -1.26. The molecule has 0 bridgehead atoms. The van der Waals surface area contributed by atoms with Crippen LogP contribution in [0.1, 0.15) is 12.8 Å². The Kier molecular flexibility index (Phi) is 4.97. The molecule has 0 saturated heterocycles. The molecular weight excluding hydrogens is 197 g/mol. The van der Waals surface area contributed by atoms with Gasteiger partial charge in [-0.25, -0.2) is 4.79 Å². The Morgan fingerprint density at radius 1 is 1.29 bits per heavy atom. The lowest BCUT2D eigenvalue weighted by Crippen LogP contribution is -2.29. The molecule has 0 amide bonds. The highest BCUT2D eigenvalue weighted by Gasteiger charge is 2.41. The first-order valence-electron chi connectivity index (χ1n) is 3.91. The molecule has 0 N–H and O–H groups in total.